The summed E-state index contributed by atoms with van der Waals surface area (Å²) in [6, 6.07) is 11.3. The largest absolute Gasteiger partial charge is 0.482 e. The first kappa shape index (κ1) is 23.0. The molecule has 1 unspecified atom stereocenters. The molecule has 0 aliphatic heterocycles. The van der Waals surface area contributed by atoms with Gasteiger partial charge in [0.1, 0.15) is 6.10 Å². The van der Waals surface area contributed by atoms with Crippen LogP contribution in [0.5, 0.6) is 5.75 Å². The fraction of sp³-hybridized carbons (Fsp3) is 0.231. The number of pyridine rings is 2. The minimum absolute atomic E-state index is 0.210. The Labute approximate surface area is 198 Å². The number of nitrogen functional groups attached to an aromatic ring is 1. The molecule has 0 fully saturated rings. The SMILES string of the molecule is CC(C)c1cncc(C(=O)Nc2cccc(C(C)Oc3cc(-c4cnn(C)c4)cnc3N)c2)c1. The number of carbonyl (C=O) groups is 1. The molecular formula is C26H28N6O2. The lowest BCUT2D eigenvalue weighted by molar-refractivity contribution is 0.102. The summed E-state index contributed by atoms with van der Waals surface area (Å²) in [6.07, 6.45) is 8.39. The van der Waals surface area contributed by atoms with Gasteiger partial charge in [-0.2, -0.15) is 5.10 Å². The van der Waals surface area contributed by atoms with Gasteiger partial charge >= 0.3 is 0 Å². The van der Waals surface area contributed by atoms with Crippen LogP contribution in [-0.4, -0.2) is 25.7 Å². The van der Waals surface area contributed by atoms with Gasteiger partial charge in [-0.05, 0) is 48.2 Å². The van der Waals surface area contributed by atoms with Gasteiger partial charge in [-0.25, -0.2) is 4.98 Å². The van der Waals surface area contributed by atoms with Crippen LogP contribution in [-0.2, 0) is 7.05 Å². The topological polar surface area (TPSA) is 108 Å². The number of nitrogens with one attached hydrogen (secondary N) is 1. The average Bonchev–Trinajstić information content (AvgIpc) is 3.27. The summed E-state index contributed by atoms with van der Waals surface area (Å²) >= 11 is 0. The Hall–Kier alpha value is -4.20. The molecule has 0 saturated heterocycles. The summed E-state index contributed by atoms with van der Waals surface area (Å²) in [5.74, 6) is 0.875. The van der Waals surface area contributed by atoms with Gasteiger partial charge in [0.15, 0.2) is 11.6 Å². The standard InChI is InChI=1S/C26H28N6O2/c1-16(2)19-8-21(12-28-11-19)26(33)31-23-7-5-6-18(9-23)17(3)34-24-10-20(13-29-25(24)27)22-14-30-32(4)15-22/h5-17H,1-4H3,(H2,27,29)(H,31,33). The zero-order chi connectivity index (χ0) is 24.2. The van der Waals surface area contributed by atoms with Crippen molar-refractivity contribution in [3.05, 3.63) is 84.1 Å². The van der Waals surface area contributed by atoms with Gasteiger partial charge in [0.05, 0.1) is 11.8 Å². The van der Waals surface area contributed by atoms with E-state index in [4.69, 9.17) is 10.5 Å². The van der Waals surface area contributed by atoms with Gasteiger partial charge < -0.3 is 15.8 Å². The Morgan fingerprint density at radius 1 is 1.03 bits per heavy atom. The summed E-state index contributed by atoms with van der Waals surface area (Å²) in [7, 11) is 1.86. The van der Waals surface area contributed by atoms with E-state index in [0.717, 1.165) is 22.3 Å². The van der Waals surface area contributed by atoms with Gasteiger partial charge in [0, 0.05) is 48.6 Å². The lowest BCUT2D eigenvalue weighted by atomic mass is 10.0. The third-order valence-electron chi connectivity index (χ3n) is 5.53. The number of benzene rings is 1. The monoisotopic (exact) mass is 456 g/mol. The second-order valence-electron chi connectivity index (χ2n) is 8.51. The number of ether oxygens (including phenoxy) is 1. The summed E-state index contributed by atoms with van der Waals surface area (Å²) in [5, 5.41) is 7.15. The smallest absolute Gasteiger partial charge is 0.257 e. The fourth-order valence-corrected chi connectivity index (χ4v) is 3.51. The first-order valence-electron chi connectivity index (χ1n) is 11.1. The molecule has 3 N–H and O–H groups in total. The molecule has 1 amide bonds. The van der Waals surface area contributed by atoms with Crippen LogP contribution in [0.15, 0.2) is 67.4 Å². The van der Waals surface area contributed by atoms with Gasteiger partial charge in [-0.15, -0.1) is 0 Å². The predicted octanol–water partition coefficient (Wildman–Crippen LogP) is 4.98. The summed E-state index contributed by atoms with van der Waals surface area (Å²) in [6.45, 7) is 6.06. The van der Waals surface area contributed by atoms with E-state index < -0.39 is 0 Å². The summed E-state index contributed by atoms with van der Waals surface area (Å²) < 4.78 is 7.88. The van der Waals surface area contributed by atoms with E-state index in [9.17, 15) is 4.79 Å². The zero-order valence-electron chi connectivity index (χ0n) is 19.7. The highest BCUT2D eigenvalue weighted by Gasteiger charge is 2.14. The second kappa shape index (κ2) is 9.74. The van der Waals surface area contributed by atoms with E-state index in [0.29, 0.717) is 28.7 Å². The van der Waals surface area contributed by atoms with E-state index >= 15 is 0 Å². The molecule has 0 radical (unpaired) electrons. The molecule has 3 aromatic heterocycles. The summed E-state index contributed by atoms with van der Waals surface area (Å²) in [5.41, 5.74) is 11.0. The number of hydrogen-bond donors (Lipinski definition) is 2. The molecule has 4 aromatic rings. The van der Waals surface area contributed by atoms with Crippen LogP contribution < -0.4 is 15.8 Å². The van der Waals surface area contributed by atoms with Crippen LogP contribution in [0.4, 0.5) is 11.5 Å². The van der Waals surface area contributed by atoms with Gasteiger partial charge in [-0.3, -0.25) is 14.5 Å². The van der Waals surface area contributed by atoms with Crippen molar-refractivity contribution >= 4 is 17.4 Å². The van der Waals surface area contributed by atoms with Crippen molar-refractivity contribution in [3.63, 3.8) is 0 Å². The van der Waals surface area contributed by atoms with Gasteiger partial charge in [0.25, 0.3) is 5.91 Å². The van der Waals surface area contributed by atoms with Crippen molar-refractivity contribution in [2.24, 2.45) is 7.05 Å². The third-order valence-corrected chi connectivity index (χ3v) is 5.53. The van der Waals surface area contributed by atoms with E-state index in [2.05, 4.69) is 34.2 Å². The number of anilines is 2. The van der Waals surface area contributed by atoms with E-state index in [1.54, 1.807) is 29.5 Å². The molecule has 0 aliphatic rings. The molecule has 174 valence electrons. The Balaban J connectivity index is 1.50. The van der Waals surface area contributed by atoms with E-state index in [1.807, 2.05) is 56.6 Å². The van der Waals surface area contributed by atoms with Crippen LogP contribution in [0.3, 0.4) is 0 Å². The molecule has 8 nitrogen and oxygen atoms in total. The Morgan fingerprint density at radius 3 is 2.59 bits per heavy atom. The van der Waals surface area contributed by atoms with Crippen molar-refractivity contribution in [3.8, 4) is 16.9 Å². The maximum absolute atomic E-state index is 12.8. The lowest BCUT2D eigenvalue weighted by Gasteiger charge is -2.18. The van der Waals surface area contributed by atoms with Crippen molar-refractivity contribution in [2.45, 2.75) is 32.8 Å². The second-order valence-corrected chi connectivity index (χ2v) is 8.51. The van der Waals surface area contributed by atoms with Crippen molar-refractivity contribution in [1.29, 1.82) is 0 Å². The lowest BCUT2D eigenvalue weighted by Crippen LogP contribution is -2.13. The fourth-order valence-electron chi connectivity index (χ4n) is 3.51. The molecule has 0 saturated carbocycles. The first-order chi connectivity index (χ1) is 16.3. The normalized spacial score (nSPS) is 11.9. The number of aromatic nitrogens is 4. The minimum atomic E-state index is -0.323. The van der Waals surface area contributed by atoms with E-state index in [1.165, 1.54) is 0 Å². The van der Waals surface area contributed by atoms with Gasteiger partial charge in [-0.1, -0.05) is 26.0 Å². The molecule has 0 spiro atoms. The maximum Gasteiger partial charge on any atom is 0.257 e. The van der Waals surface area contributed by atoms with E-state index in [-0.39, 0.29) is 12.0 Å². The van der Waals surface area contributed by atoms with Crippen molar-refractivity contribution < 1.29 is 9.53 Å². The van der Waals surface area contributed by atoms with Crippen molar-refractivity contribution in [2.75, 3.05) is 11.1 Å². The third kappa shape index (κ3) is 5.23. The molecule has 1 atom stereocenters. The number of hydrogen-bond acceptors (Lipinski definition) is 6. The number of aryl methyl sites for hydroxylation is 1. The molecular weight excluding hydrogens is 428 g/mol. The molecule has 34 heavy (non-hydrogen) atoms. The minimum Gasteiger partial charge on any atom is -0.482 e. The van der Waals surface area contributed by atoms with Gasteiger partial charge in [0.2, 0.25) is 0 Å². The Morgan fingerprint density at radius 2 is 1.85 bits per heavy atom. The first-order valence-corrected chi connectivity index (χ1v) is 11.1. The quantitative estimate of drug-likeness (QED) is 0.406. The van der Waals surface area contributed by atoms with Crippen LogP contribution in [0.1, 0.15) is 54.3 Å². The number of nitrogens with zero attached hydrogens (tertiary/aromatic N) is 4. The Kier molecular flexibility index (Phi) is 6.58. The van der Waals surface area contributed by atoms with Crippen LogP contribution in [0, 0.1) is 0 Å². The Bertz CT molecular complexity index is 1310. The molecule has 8 heteroatoms. The van der Waals surface area contributed by atoms with Crippen LogP contribution >= 0.6 is 0 Å². The predicted molar refractivity (Wildman–Crippen MR) is 133 cm³/mol. The summed E-state index contributed by atoms with van der Waals surface area (Å²) in [4.78, 5) is 21.2. The highest BCUT2D eigenvalue weighted by molar-refractivity contribution is 6.04. The number of rotatable bonds is 7. The zero-order valence-corrected chi connectivity index (χ0v) is 19.7. The van der Waals surface area contributed by atoms with Crippen LogP contribution in [0.25, 0.3) is 11.1 Å². The maximum atomic E-state index is 12.8. The molecule has 3 heterocycles. The highest BCUT2D eigenvalue weighted by atomic mass is 16.5. The number of nitrogens with two attached hydrogens (primary N) is 1. The average molecular weight is 457 g/mol. The molecule has 4 rings (SSSR count). The molecule has 1 aromatic carbocycles. The van der Waals surface area contributed by atoms with Crippen LogP contribution in [0.2, 0.25) is 0 Å². The molecule has 0 aliphatic carbocycles. The van der Waals surface area contributed by atoms with Crippen molar-refractivity contribution in [1.82, 2.24) is 19.7 Å². The highest BCUT2D eigenvalue weighted by Crippen LogP contribution is 2.31. The number of carbonyl (C=O) groups excluding carboxylic acids is 1. The molecule has 0 bridgehead atoms. The number of amides is 1.